The Morgan fingerprint density at radius 1 is 0.895 bits per heavy atom. The van der Waals surface area contributed by atoms with Crippen LogP contribution >= 0.6 is 31.9 Å². The summed E-state index contributed by atoms with van der Waals surface area (Å²) in [5.41, 5.74) is 2.30. The van der Waals surface area contributed by atoms with E-state index >= 15 is 0 Å². The number of hydrogen-bond acceptors (Lipinski definition) is 7. The van der Waals surface area contributed by atoms with E-state index in [9.17, 15) is 9.59 Å². The Morgan fingerprint density at radius 2 is 1.47 bits per heavy atom. The average Bonchev–Trinajstić information content (AvgIpc) is 2.85. The monoisotopic (exact) mass is 649 g/mol. The van der Waals surface area contributed by atoms with E-state index in [1.807, 2.05) is 30.1 Å². The standard InChI is InChI=1S/C27H29Br2N3O6/c1-32(10-12-38-24-8-6-19(14-22(24)29)16-27(35)36)25-4-2-3-20(31-25)17-30-9-11-37-23-7-5-18(13-21(23)28)15-26(33)34/h2-8,13-14,30H,9-12,15-17H2,1H3,(H,33,34)(H,35,36). The molecule has 0 spiro atoms. The first-order valence-corrected chi connectivity index (χ1v) is 13.4. The number of likely N-dealkylation sites (N-methyl/N-ethyl adjacent to an activating group) is 1. The van der Waals surface area contributed by atoms with Crippen LogP contribution in [0.1, 0.15) is 16.8 Å². The molecular formula is C27H29Br2N3O6. The zero-order valence-corrected chi connectivity index (χ0v) is 24.0. The summed E-state index contributed by atoms with van der Waals surface area (Å²) >= 11 is 6.87. The van der Waals surface area contributed by atoms with E-state index in [-0.39, 0.29) is 12.8 Å². The fourth-order valence-electron chi connectivity index (χ4n) is 3.53. The second kappa shape index (κ2) is 14.7. The number of carboxylic acid groups (broad SMARTS) is 2. The number of pyridine rings is 1. The van der Waals surface area contributed by atoms with Crippen molar-refractivity contribution in [1.29, 1.82) is 0 Å². The Labute approximate surface area is 238 Å². The highest BCUT2D eigenvalue weighted by molar-refractivity contribution is 9.10. The van der Waals surface area contributed by atoms with E-state index in [0.29, 0.717) is 55.5 Å². The third kappa shape index (κ3) is 9.62. The number of rotatable bonds is 15. The highest BCUT2D eigenvalue weighted by atomic mass is 79.9. The Bertz CT molecular complexity index is 1260. The van der Waals surface area contributed by atoms with E-state index in [0.717, 1.165) is 20.5 Å². The zero-order chi connectivity index (χ0) is 27.5. The lowest BCUT2D eigenvalue weighted by atomic mass is 10.1. The van der Waals surface area contributed by atoms with Crippen LogP contribution in [0, 0.1) is 0 Å². The summed E-state index contributed by atoms with van der Waals surface area (Å²) in [6.07, 6.45) is -0.0657. The lowest BCUT2D eigenvalue weighted by Gasteiger charge is -2.19. The molecule has 1 aromatic heterocycles. The minimum absolute atomic E-state index is 0.0313. The van der Waals surface area contributed by atoms with E-state index in [1.165, 1.54) is 0 Å². The lowest BCUT2D eigenvalue weighted by Crippen LogP contribution is -2.26. The molecule has 0 aliphatic heterocycles. The number of aliphatic carboxylic acids is 2. The molecule has 3 rings (SSSR count). The van der Waals surface area contributed by atoms with Gasteiger partial charge in [0.2, 0.25) is 0 Å². The van der Waals surface area contributed by atoms with Crippen LogP contribution in [0.3, 0.4) is 0 Å². The van der Waals surface area contributed by atoms with Crippen LogP contribution in [-0.2, 0) is 29.0 Å². The molecule has 0 aliphatic carbocycles. The first-order valence-electron chi connectivity index (χ1n) is 11.8. The maximum atomic E-state index is 10.9. The van der Waals surface area contributed by atoms with Gasteiger partial charge in [-0.05, 0) is 79.4 Å². The molecule has 0 aliphatic rings. The van der Waals surface area contributed by atoms with Gasteiger partial charge in [-0.25, -0.2) is 4.98 Å². The average molecular weight is 651 g/mol. The van der Waals surface area contributed by atoms with E-state index in [1.54, 1.807) is 36.4 Å². The number of anilines is 1. The molecular weight excluding hydrogens is 622 g/mol. The number of nitrogens with zero attached hydrogens (tertiary/aromatic N) is 2. The maximum absolute atomic E-state index is 10.9. The van der Waals surface area contributed by atoms with Crippen molar-refractivity contribution < 1.29 is 29.3 Å². The van der Waals surface area contributed by atoms with Gasteiger partial charge in [0.15, 0.2) is 0 Å². The Balaban J connectivity index is 1.40. The predicted octanol–water partition coefficient (Wildman–Crippen LogP) is 4.54. The summed E-state index contributed by atoms with van der Waals surface area (Å²) in [4.78, 5) is 28.4. The molecule has 0 fully saturated rings. The van der Waals surface area contributed by atoms with Gasteiger partial charge < -0.3 is 29.9 Å². The minimum Gasteiger partial charge on any atom is -0.491 e. The predicted molar refractivity (Wildman–Crippen MR) is 151 cm³/mol. The van der Waals surface area contributed by atoms with Gasteiger partial charge in [-0.3, -0.25) is 9.59 Å². The molecule has 3 aromatic rings. The smallest absolute Gasteiger partial charge is 0.307 e. The van der Waals surface area contributed by atoms with Crippen LogP contribution in [0.15, 0.2) is 63.5 Å². The van der Waals surface area contributed by atoms with Gasteiger partial charge in [0.05, 0.1) is 34.0 Å². The molecule has 3 N–H and O–H groups in total. The highest BCUT2D eigenvalue weighted by Gasteiger charge is 2.09. The van der Waals surface area contributed by atoms with Gasteiger partial charge >= 0.3 is 11.9 Å². The largest absolute Gasteiger partial charge is 0.491 e. The number of hydrogen-bond donors (Lipinski definition) is 3. The second-order valence-electron chi connectivity index (χ2n) is 8.45. The third-order valence-corrected chi connectivity index (χ3v) is 6.65. The van der Waals surface area contributed by atoms with Crippen molar-refractivity contribution in [3.05, 3.63) is 80.4 Å². The lowest BCUT2D eigenvalue weighted by molar-refractivity contribution is -0.137. The number of carboxylic acids is 2. The van der Waals surface area contributed by atoms with Gasteiger partial charge in [-0.15, -0.1) is 0 Å². The second-order valence-corrected chi connectivity index (χ2v) is 10.2. The van der Waals surface area contributed by atoms with Crippen LogP contribution in [0.5, 0.6) is 11.5 Å². The van der Waals surface area contributed by atoms with Crippen molar-refractivity contribution in [2.45, 2.75) is 19.4 Å². The molecule has 0 radical (unpaired) electrons. The molecule has 2 aromatic carbocycles. The molecule has 0 saturated heterocycles. The van der Waals surface area contributed by atoms with Crippen LogP contribution in [0.2, 0.25) is 0 Å². The number of halogens is 2. The molecule has 11 heteroatoms. The van der Waals surface area contributed by atoms with Crippen molar-refractivity contribution in [3.8, 4) is 11.5 Å². The van der Waals surface area contributed by atoms with E-state index in [4.69, 9.17) is 24.7 Å². The minimum atomic E-state index is -0.875. The van der Waals surface area contributed by atoms with Gasteiger partial charge in [-0.1, -0.05) is 18.2 Å². The molecule has 0 saturated carbocycles. The Hall–Kier alpha value is -3.15. The number of ether oxygens (including phenoxy) is 2. The summed E-state index contributed by atoms with van der Waals surface area (Å²) in [6, 6.07) is 16.4. The summed E-state index contributed by atoms with van der Waals surface area (Å²) in [5, 5.41) is 21.1. The van der Waals surface area contributed by atoms with Crippen molar-refractivity contribution >= 4 is 49.6 Å². The van der Waals surface area contributed by atoms with Crippen LogP contribution in [0.4, 0.5) is 5.82 Å². The van der Waals surface area contributed by atoms with E-state index < -0.39 is 11.9 Å². The Kier molecular flexibility index (Phi) is 11.4. The molecule has 9 nitrogen and oxygen atoms in total. The molecule has 202 valence electrons. The van der Waals surface area contributed by atoms with Crippen LogP contribution in [-0.4, -0.2) is 60.5 Å². The highest BCUT2D eigenvalue weighted by Crippen LogP contribution is 2.27. The van der Waals surface area contributed by atoms with Crippen molar-refractivity contribution in [2.75, 3.05) is 38.3 Å². The maximum Gasteiger partial charge on any atom is 0.307 e. The first-order chi connectivity index (χ1) is 18.2. The quantitative estimate of drug-likeness (QED) is 0.204. The van der Waals surface area contributed by atoms with Crippen molar-refractivity contribution in [1.82, 2.24) is 10.3 Å². The van der Waals surface area contributed by atoms with Crippen molar-refractivity contribution in [3.63, 3.8) is 0 Å². The fraction of sp³-hybridized carbons (Fsp3) is 0.296. The third-order valence-electron chi connectivity index (χ3n) is 5.41. The number of carbonyl (C=O) groups is 2. The Morgan fingerprint density at radius 3 is 2.03 bits per heavy atom. The molecule has 0 atom stereocenters. The van der Waals surface area contributed by atoms with Crippen molar-refractivity contribution in [2.24, 2.45) is 0 Å². The molecule has 38 heavy (non-hydrogen) atoms. The molecule has 0 amide bonds. The topological polar surface area (TPSA) is 121 Å². The molecule has 0 unspecified atom stereocenters. The summed E-state index contributed by atoms with van der Waals surface area (Å²) in [5.74, 6) is 0.393. The molecule has 1 heterocycles. The molecule has 0 bridgehead atoms. The first kappa shape index (κ1) is 29.4. The number of nitrogens with one attached hydrogen (secondary N) is 1. The van der Waals surface area contributed by atoms with Gasteiger partial charge in [0.25, 0.3) is 0 Å². The van der Waals surface area contributed by atoms with Gasteiger partial charge in [-0.2, -0.15) is 0 Å². The number of benzene rings is 2. The summed E-state index contributed by atoms with van der Waals surface area (Å²) < 4.78 is 13.1. The van der Waals surface area contributed by atoms with Crippen LogP contribution < -0.4 is 19.7 Å². The van der Waals surface area contributed by atoms with Crippen LogP contribution in [0.25, 0.3) is 0 Å². The van der Waals surface area contributed by atoms with Gasteiger partial charge in [0.1, 0.15) is 30.5 Å². The summed E-state index contributed by atoms with van der Waals surface area (Å²) in [6.45, 7) is 2.68. The zero-order valence-electron chi connectivity index (χ0n) is 20.8. The fourth-order valence-corrected chi connectivity index (χ4v) is 4.61. The van der Waals surface area contributed by atoms with Gasteiger partial charge in [0, 0.05) is 20.1 Å². The summed E-state index contributed by atoms with van der Waals surface area (Å²) in [7, 11) is 1.95. The van der Waals surface area contributed by atoms with E-state index in [2.05, 4.69) is 37.2 Å². The SMILES string of the molecule is CN(CCOc1ccc(CC(=O)O)cc1Br)c1cccc(CNCCOc2ccc(CC(=O)O)cc2Br)n1. The number of aromatic nitrogens is 1. The normalized spacial score (nSPS) is 10.7.